The molecular weight excluding hydrogens is 330 g/mol. The van der Waals surface area contributed by atoms with Gasteiger partial charge in [0.25, 0.3) is 0 Å². The molecule has 5 nitrogen and oxygen atoms in total. The number of rotatable bonds is 9. The number of hydrogen-bond donors (Lipinski definition) is 1. The molecule has 0 bridgehead atoms. The Kier molecular flexibility index (Phi) is 5.79. The molecular formula is C21H23NO4. The zero-order valence-corrected chi connectivity index (χ0v) is 15.0. The van der Waals surface area contributed by atoms with E-state index in [2.05, 4.69) is 12.2 Å². The van der Waals surface area contributed by atoms with Crippen LogP contribution < -0.4 is 14.8 Å². The zero-order chi connectivity index (χ0) is 18.4. The Morgan fingerprint density at radius 1 is 1.08 bits per heavy atom. The van der Waals surface area contributed by atoms with Gasteiger partial charge in [-0.1, -0.05) is 19.1 Å². The fraction of sp³-hybridized carbons (Fsp3) is 0.286. The van der Waals surface area contributed by atoms with Gasteiger partial charge in [0, 0.05) is 5.39 Å². The van der Waals surface area contributed by atoms with Gasteiger partial charge in [-0.3, -0.25) is 4.79 Å². The molecule has 1 heterocycles. The lowest BCUT2D eigenvalue weighted by atomic mass is 10.1. The van der Waals surface area contributed by atoms with Crippen molar-refractivity contribution < 1.29 is 18.7 Å². The van der Waals surface area contributed by atoms with Gasteiger partial charge in [-0.15, -0.1) is 0 Å². The van der Waals surface area contributed by atoms with Gasteiger partial charge >= 0.3 is 0 Å². The number of fused-ring (bicyclic) bond motifs is 1. The van der Waals surface area contributed by atoms with E-state index in [0.29, 0.717) is 19.6 Å². The summed E-state index contributed by atoms with van der Waals surface area (Å²) in [6, 6.07) is 15.4. The second-order valence-electron chi connectivity index (χ2n) is 6.14. The molecule has 1 amide bonds. The van der Waals surface area contributed by atoms with Gasteiger partial charge in [0.2, 0.25) is 6.41 Å². The quantitative estimate of drug-likeness (QED) is 0.571. The van der Waals surface area contributed by atoms with Crippen molar-refractivity contribution in [1.82, 2.24) is 5.32 Å². The molecule has 0 aliphatic rings. The predicted octanol–water partition coefficient (Wildman–Crippen LogP) is 4.61. The highest BCUT2D eigenvalue weighted by molar-refractivity contribution is 5.78. The van der Waals surface area contributed by atoms with Crippen LogP contribution in [0, 0.1) is 0 Å². The lowest BCUT2D eigenvalue weighted by molar-refractivity contribution is -0.110. The Morgan fingerprint density at radius 2 is 1.81 bits per heavy atom. The molecule has 5 heteroatoms. The third-order valence-corrected chi connectivity index (χ3v) is 4.05. The summed E-state index contributed by atoms with van der Waals surface area (Å²) in [4.78, 5) is 10.6. The first-order chi connectivity index (χ1) is 12.7. The largest absolute Gasteiger partial charge is 0.494 e. The maximum absolute atomic E-state index is 10.6. The first-order valence-electron chi connectivity index (χ1n) is 8.77. The van der Waals surface area contributed by atoms with Crippen molar-refractivity contribution in [2.45, 2.75) is 32.9 Å². The van der Waals surface area contributed by atoms with Gasteiger partial charge in [0.15, 0.2) is 0 Å². The summed E-state index contributed by atoms with van der Waals surface area (Å²) in [6.07, 6.45) is 1.66. The van der Waals surface area contributed by atoms with Gasteiger partial charge in [-0.25, -0.2) is 0 Å². The third-order valence-electron chi connectivity index (χ3n) is 4.05. The lowest BCUT2D eigenvalue weighted by Crippen LogP contribution is -2.15. The van der Waals surface area contributed by atoms with E-state index >= 15 is 0 Å². The Balaban J connectivity index is 1.64. The van der Waals surface area contributed by atoms with E-state index in [4.69, 9.17) is 13.9 Å². The number of hydrogen-bond acceptors (Lipinski definition) is 4. The second kappa shape index (κ2) is 8.43. The molecule has 0 radical (unpaired) electrons. The highest BCUT2D eigenvalue weighted by atomic mass is 16.5. The smallest absolute Gasteiger partial charge is 0.207 e. The van der Waals surface area contributed by atoms with E-state index in [1.807, 2.05) is 55.5 Å². The van der Waals surface area contributed by atoms with Crippen LogP contribution in [0.15, 0.2) is 52.9 Å². The maximum atomic E-state index is 10.6. The standard InChI is InChI=1S/C21H23NO4/c1-3-10-24-18-6-8-19(9-7-18)25-13-16-4-5-17-12-20(15(2)22-14-23)26-21(17)11-16/h4-9,11-12,14-15H,3,10,13H2,1-2H3,(H,22,23). The molecule has 0 aliphatic carbocycles. The third kappa shape index (κ3) is 4.36. The first-order valence-corrected chi connectivity index (χ1v) is 8.77. The minimum absolute atomic E-state index is 0.159. The molecule has 2 aromatic carbocycles. The van der Waals surface area contributed by atoms with Crippen molar-refractivity contribution in [3.63, 3.8) is 0 Å². The summed E-state index contributed by atoms with van der Waals surface area (Å²) < 4.78 is 17.2. The van der Waals surface area contributed by atoms with Crippen LogP contribution in [-0.2, 0) is 11.4 Å². The van der Waals surface area contributed by atoms with Gasteiger partial charge in [0.05, 0.1) is 12.6 Å². The van der Waals surface area contributed by atoms with E-state index in [0.717, 1.165) is 40.2 Å². The van der Waals surface area contributed by atoms with E-state index < -0.39 is 0 Å². The fourth-order valence-electron chi connectivity index (χ4n) is 2.60. The summed E-state index contributed by atoms with van der Waals surface area (Å²) in [5, 5.41) is 3.69. The topological polar surface area (TPSA) is 60.7 Å². The highest BCUT2D eigenvalue weighted by Gasteiger charge is 2.11. The highest BCUT2D eigenvalue weighted by Crippen LogP contribution is 2.25. The van der Waals surface area contributed by atoms with Crippen LogP contribution in [0.25, 0.3) is 11.0 Å². The van der Waals surface area contributed by atoms with Gasteiger partial charge in [0.1, 0.15) is 29.4 Å². The van der Waals surface area contributed by atoms with Crippen molar-refractivity contribution >= 4 is 17.4 Å². The molecule has 0 aliphatic heterocycles. The lowest BCUT2D eigenvalue weighted by Gasteiger charge is -2.08. The molecule has 0 spiro atoms. The SMILES string of the molecule is CCCOc1ccc(OCc2ccc3cc(C(C)NC=O)oc3c2)cc1. The number of carbonyl (C=O) groups is 1. The maximum Gasteiger partial charge on any atom is 0.207 e. The van der Waals surface area contributed by atoms with Crippen LogP contribution >= 0.6 is 0 Å². The van der Waals surface area contributed by atoms with Crippen LogP contribution in [-0.4, -0.2) is 13.0 Å². The van der Waals surface area contributed by atoms with Gasteiger partial charge < -0.3 is 19.2 Å². The first kappa shape index (κ1) is 17.9. The Labute approximate surface area is 152 Å². The summed E-state index contributed by atoms with van der Waals surface area (Å²) in [6.45, 7) is 5.12. The molecule has 136 valence electrons. The molecule has 1 atom stereocenters. The van der Waals surface area contributed by atoms with Crippen LogP contribution in [0.4, 0.5) is 0 Å². The summed E-state index contributed by atoms with van der Waals surface area (Å²) in [5.74, 6) is 2.37. The Hall–Kier alpha value is -2.95. The fourth-order valence-corrected chi connectivity index (χ4v) is 2.60. The summed E-state index contributed by atoms with van der Waals surface area (Å²) in [5.41, 5.74) is 1.80. The number of carbonyl (C=O) groups excluding carboxylic acids is 1. The predicted molar refractivity (Wildman–Crippen MR) is 100 cm³/mol. The molecule has 1 N–H and O–H groups in total. The van der Waals surface area contributed by atoms with Crippen molar-refractivity contribution in [3.05, 3.63) is 59.9 Å². The van der Waals surface area contributed by atoms with Crippen LogP contribution in [0.1, 0.15) is 37.6 Å². The van der Waals surface area contributed by atoms with Crippen LogP contribution in [0.5, 0.6) is 11.5 Å². The number of ether oxygens (including phenoxy) is 2. The normalized spacial score (nSPS) is 11.9. The number of amides is 1. The molecule has 26 heavy (non-hydrogen) atoms. The van der Waals surface area contributed by atoms with Crippen molar-refractivity contribution in [2.75, 3.05) is 6.61 Å². The number of benzene rings is 2. The molecule has 3 rings (SSSR count). The van der Waals surface area contributed by atoms with Crippen molar-refractivity contribution in [1.29, 1.82) is 0 Å². The van der Waals surface area contributed by atoms with Crippen LogP contribution in [0.2, 0.25) is 0 Å². The summed E-state index contributed by atoms with van der Waals surface area (Å²) >= 11 is 0. The molecule has 0 saturated carbocycles. The van der Waals surface area contributed by atoms with Gasteiger partial charge in [-0.2, -0.15) is 0 Å². The second-order valence-corrected chi connectivity index (χ2v) is 6.14. The Morgan fingerprint density at radius 3 is 2.50 bits per heavy atom. The van der Waals surface area contributed by atoms with Crippen molar-refractivity contribution in [3.8, 4) is 11.5 Å². The van der Waals surface area contributed by atoms with Gasteiger partial charge in [-0.05, 0) is 55.3 Å². The molecule has 1 aromatic heterocycles. The zero-order valence-electron chi connectivity index (χ0n) is 15.0. The van der Waals surface area contributed by atoms with E-state index in [1.165, 1.54) is 0 Å². The number of nitrogens with one attached hydrogen (secondary N) is 1. The number of furan rings is 1. The van der Waals surface area contributed by atoms with Crippen molar-refractivity contribution in [2.24, 2.45) is 0 Å². The molecule has 1 unspecified atom stereocenters. The molecule has 0 fully saturated rings. The van der Waals surface area contributed by atoms with E-state index in [-0.39, 0.29) is 6.04 Å². The Bertz CT molecular complexity index is 854. The van der Waals surface area contributed by atoms with Crippen LogP contribution in [0.3, 0.4) is 0 Å². The van der Waals surface area contributed by atoms with E-state index in [9.17, 15) is 4.79 Å². The minimum atomic E-state index is -0.159. The minimum Gasteiger partial charge on any atom is -0.494 e. The average molecular weight is 353 g/mol. The molecule has 3 aromatic rings. The molecule has 0 saturated heterocycles. The monoisotopic (exact) mass is 353 g/mol. The summed E-state index contributed by atoms with van der Waals surface area (Å²) in [7, 11) is 0. The average Bonchev–Trinajstić information content (AvgIpc) is 3.09. The van der Waals surface area contributed by atoms with E-state index in [1.54, 1.807) is 0 Å².